The molecule has 1 aromatic rings. The molecule has 1 unspecified atom stereocenters. The Labute approximate surface area is 126 Å². The number of hydrogen-bond acceptors (Lipinski definition) is 3. The van der Waals surface area contributed by atoms with Crippen LogP contribution in [0, 0.1) is 0 Å². The van der Waals surface area contributed by atoms with E-state index in [1.807, 2.05) is 19.9 Å². The van der Waals surface area contributed by atoms with Gasteiger partial charge in [-0.05, 0) is 32.0 Å². The fourth-order valence-electron chi connectivity index (χ4n) is 2.01. The minimum atomic E-state index is -0.318. The summed E-state index contributed by atoms with van der Waals surface area (Å²) < 4.78 is 6.06. The predicted molar refractivity (Wildman–Crippen MR) is 78.6 cm³/mol. The fraction of sp³-hybridized carbons (Fsp3) is 0.429. The van der Waals surface area contributed by atoms with Crippen molar-refractivity contribution in [2.24, 2.45) is 0 Å². The molecule has 0 spiro atoms. The van der Waals surface area contributed by atoms with Gasteiger partial charge in [-0.3, -0.25) is 4.79 Å². The second-order valence-electron chi connectivity index (χ2n) is 4.97. The van der Waals surface area contributed by atoms with E-state index in [4.69, 9.17) is 4.74 Å². The van der Waals surface area contributed by atoms with Gasteiger partial charge in [0.2, 0.25) is 0 Å². The SMILES string of the molecule is CC(C)N1CC(CNC(=O)c2cccc(Br)c2)OC1=O. The van der Waals surface area contributed by atoms with Gasteiger partial charge in [0.25, 0.3) is 5.91 Å². The minimum absolute atomic E-state index is 0.105. The van der Waals surface area contributed by atoms with E-state index in [1.165, 1.54) is 0 Å². The molecule has 1 atom stereocenters. The summed E-state index contributed by atoms with van der Waals surface area (Å²) in [6, 6.07) is 7.25. The molecule has 1 aliphatic rings. The van der Waals surface area contributed by atoms with Gasteiger partial charge in [0, 0.05) is 16.1 Å². The Morgan fingerprint density at radius 3 is 2.90 bits per heavy atom. The molecule has 1 aliphatic heterocycles. The largest absolute Gasteiger partial charge is 0.442 e. The molecule has 108 valence electrons. The van der Waals surface area contributed by atoms with Gasteiger partial charge < -0.3 is 15.0 Å². The molecule has 20 heavy (non-hydrogen) atoms. The Morgan fingerprint density at radius 1 is 1.55 bits per heavy atom. The lowest BCUT2D eigenvalue weighted by Crippen LogP contribution is -2.36. The summed E-state index contributed by atoms with van der Waals surface area (Å²) in [5.74, 6) is -0.176. The normalized spacial score (nSPS) is 18.3. The van der Waals surface area contributed by atoms with Gasteiger partial charge in [0.1, 0.15) is 6.10 Å². The summed E-state index contributed by atoms with van der Waals surface area (Å²) in [4.78, 5) is 25.2. The summed E-state index contributed by atoms with van der Waals surface area (Å²) in [5, 5.41) is 2.78. The van der Waals surface area contributed by atoms with Crippen LogP contribution in [0.3, 0.4) is 0 Å². The number of nitrogens with one attached hydrogen (secondary N) is 1. The van der Waals surface area contributed by atoms with Crippen LogP contribution in [0.5, 0.6) is 0 Å². The molecule has 1 saturated heterocycles. The number of carbonyl (C=O) groups excluding carboxylic acids is 2. The van der Waals surface area contributed by atoms with Gasteiger partial charge in [-0.15, -0.1) is 0 Å². The molecule has 1 fully saturated rings. The van der Waals surface area contributed by atoms with Crippen LogP contribution in [-0.4, -0.2) is 42.1 Å². The van der Waals surface area contributed by atoms with Crippen LogP contribution in [0.4, 0.5) is 4.79 Å². The fourth-order valence-corrected chi connectivity index (χ4v) is 2.41. The van der Waals surface area contributed by atoms with Crippen molar-refractivity contribution in [1.29, 1.82) is 0 Å². The maximum Gasteiger partial charge on any atom is 0.410 e. The molecule has 5 nitrogen and oxygen atoms in total. The van der Waals surface area contributed by atoms with Crippen LogP contribution >= 0.6 is 15.9 Å². The summed E-state index contributed by atoms with van der Waals surface area (Å²) in [6.45, 7) is 4.70. The third kappa shape index (κ3) is 3.50. The summed E-state index contributed by atoms with van der Waals surface area (Å²) in [6.07, 6.45) is -0.609. The lowest BCUT2D eigenvalue weighted by atomic mass is 10.2. The molecule has 1 N–H and O–H groups in total. The van der Waals surface area contributed by atoms with Gasteiger partial charge in [-0.1, -0.05) is 22.0 Å². The topological polar surface area (TPSA) is 58.6 Å². The number of amides is 2. The van der Waals surface area contributed by atoms with Crippen molar-refractivity contribution in [2.75, 3.05) is 13.1 Å². The van der Waals surface area contributed by atoms with Gasteiger partial charge in [-0.2, -0.15) is 0 Å². The van der Waals surface area contributed by atoms with Gasteiger partial charge in [0.15, 0.2) is 0 Å². The van der Waals surface area contributed by atoms with E-state index >= 15 is 0 Å². The summed E-state index contributed by atoms with van der Waals surface area (Å²) in [7, 11) is 0. The molecule has 0 aromatic heterocycles. The lowest BCUT2D eigenvalue weighted by Gasteiger charge is -2.16. The zero-order valence-electron chi connectivity index (χ0n) is 11.4. The number of nitrogens with zero attached hydrogens (tertiary/aromatic N) is 1. The van der Waals surface area contributed by atoms with Crippen molar-refractivity contribution in [3.05, 3.63) is 34.3 Å². The smallest absolute Gasteiger partial charge is 0.410 e. The van der Waals surface area contributed by atoms with E-state index in [1.54, 1.807) is 23.1 Å². The lowest BCUT2D eigenvalue weighted by molar-refractivity contribution is 0.0914. The minimum Gasteiger partial charge on any atom is -0.442 e. The highest BCUT2D eigenvalue weighted by Crippen LogP contribution is 2.14. The highest BCUT2D eigenvalue weighted by atomic mass is 79.9. The number of cyclic esters (lactones) is 1. The van der Waals surface area contributed by atoms with Crippen LogP contribution < -0.4 is 5.32 Å². The van der Waals surface area contributed by atoms with Crippen LogP contribution in [0.2, 0.25) is 0 Å². The highest BCUT2D eigenvalue weighted by molar-refractivity contribution is 9.10. The average molecular weight is 341 g/mol. The van der Waals surface area contributed by atoms with Crippen LogP contribution in [-0.2, 0) is 4.74 Å². The first-order valence-electron chi connectivity index (χ1n) is 6.48. The van der Waals surface area contributed by atoms with Crippen molar-refractivity contribution < 1.29 is 14.3 Å². The van der Waals surface area contributed by atoms with Crippen molar-refractivity contribution in [1.82, 2.24) is 10.2 Å². The van der Waals surface area contributed by atoms with E-state index in [0.29, 0.717) is 18.7 Å². The number of hydrogen-bond donors (Lipinski definition) is 1. The van der Waals surface area contributed by atoms with Crippen molar-refractivity contribution in [2.45, 2.75) is 26.0 Å². The molecule has 1 heterocycles. The van der Waals surface area contributed by atoms with E-state index in [0.717, 1.165) is 4.47 Å². The zero-order valence-corrected chi connectivity index (χ0v) is 13.0. The predicted octanol–water partition coefficient (Wildman–Crippen LogP) is 2.41. The molecule has 0 saturated carbocycles. The number of carbonyl (C=O) groups is 2. The second-order valence-corrected chi connectivity index (χ2v) is 5.89. The molecule has 2 amide bonds. The van der Waals surface area contributed by atoms with Crippen LogP contribution in [0.25, 0.3) is 0 Å². The van der Waals surface area contributed by atoms with Crippen molar-refractivity contribution in [3.8, 4) is 0 Å². The third-order valence-corrected chi connectivity index (χ3v) is 3.60. The van der Waals surface area contributed by atoms with Gasteiger partial charge in [0.05, 0.1) is 13.1 Å². The Kier molecular flexibility index (Phi) is 4.65. The second kappa shape index (κ2) is 6.26. The van der Waals surface area contributed by atoms with Crippen molar-refractivity contribution >= 4 is 27.9 Å². The van der Waals surface area contributed by atoms with Crippen LogP contribution in [0.1, 0.15) is 24.2 Å². The quantitative estimate of drug-likeness (QED) is 0.915. The zero-order chi connectivity index (χ0) is 14.7. The van der Waals surface area contributed by atoms with Gasteiger partial charge in [-0.25, -0.2) is 4.79 Å². The third-order valence-electron chi connectivity index (χ3n) is 3.10. The number of rotatable bonds is 4. The maximum atomic E-state index is 12.0. The molecule has 6 heteroatoms. The first-order valence-corrected chi connectivity index (χ1v) is 7.27. The number of benzene rings is 1. The molecular formula is C14H17BrN2O3. The number of halogens is 1. The highest BCUT2D eigenvalue weighted by Gasteiger charge is 2.32. The van der Waals surface area contributed by atoms with Gasteiger partial charge >= 0.3 is 6.09 Å². The average Bonchev–Trinajstić information content (AvgIpc) is 2.77. The first-order chi connectivity index (χ1) is 9.47. The van der Waals surface area contributed by atoms with Crippen LogP contribution in [0.15, 0.2) is 28.7 Å². The maximum absolute atomic E-state index is 12.0. The Balaban J connectivity index is 1.87. The molecule has 0 radical (unpaired) electrons. The molecule has 0 bridgehead atoms. The summed E-state index contributed by atoms with van der Waals surface area (Å²) >= 11 is 3.32. The Hall–Kier alpha value is -1.56. The van der Waals surface area contributed by atoms with E-state index in [9.17, 15) is 9.59 Å². The molecule has 0 aliphatic carbocycles. The number of ether oxygens (including phenoxy) is 1. The Morgan fingerprint density at radius 2 is 2.30 bits per heavy atom. The van der Waals surface area contributed by atoms with E-state index < -0.39 is 0 Å². The molecular weight excluding hydrogens is 324 g/mol. The standard InChI is InChI=1S/C14H17BrN2O3/c1-9(2)17-8-12(20-14(17)19)7-16-13(18)10-4-3-5-11(15)6-10/h3-6,9,12H,7-8H2,1-2H3,(H,16,18). The summed E-state index contributed by atoms with van der Waals surface area (Å²) in [5.41, 5.74) is 0.574. The first kappa shape index (κ1) is 14.8. The molecule has 2 rings (SSSR count). The molecule has 1 aromatic carbocycles. The van der Waals surface area contributed by atoms with E-state index in [2.05, 4.69) is 21.2 Å². The van der Waals surface area contributed by atoms with Crippen molar-refractivity contribution in [3.63, 3.8) is 0 Å². The Bertz CT molecular complexity index is 519. The monoisotopic (exact) mass is 340 g/mol. The van der Waals surface area contributed by atoms with E-state index in [-0.39, 0.29) is 24.1 Å².